The molecule has 0 saturated heterocycles. The average molecular weight is 689 g/mol. The van der Waals surface area contributed by atoms with E-state index in [9.17, 15) is 0 Å². The highest BCUT2D eigenvalue weighted by molar-refractivity contribution is 6.18. The van der Waals surface area contributed by atoms with Gasteiger partial charge in [-0.05, 0) is 75.7 Å². The Bertz CT molecular complexity index is 2930. The van der Waals surface area contributed by atoms with Crippen molar-refractivity contribution in [3.63, 3.8) is 0 Å². The van der Waals surface area contributed by atoms with Crippen molar-refractivity contribution in [1.82, 2.24) is 4.57 Å². The SMILES string of the molecule is c1ccc(-c2ccccc2-c2ccccc2-c2ccccc2N(c2cccc3ccccc23)c2cccc3c2c2ccccc2n3-c2ccccc2)cc1. The first-order chi connectivity index (χ1) is 26.8. The summed E-state index contributed by atoms with van der Waals surface area (Å²) in [5.41, 5.74) is 14.0. The van der Waals surface area contributed by atoms with Gasteiger partial charge in [-0.15, -0.1) is 0 Å². The lowest BCUT2D eigenvalue weighted by Gasteiger charge is -2.30. The van der Waals surface area contributed by atoms with Crippen molar-refractivity contribution >= 4 is 49.6 Å². The molecule has 0 aliphatic carbocycles. The van der Waals surface area contributed by atoms with E-state index >= 15 is 0 Å². The van der Waals surface area contributed by atoms with Crippen LogP contribution in [-0.2, 0) is 0 Å². The number of hydrogen-bond donors (Lipinski definition) is 0. The predicted molar refractivity (Wildman–Crippen MR) is 229 cm³/mol. The largest absolute Gasteiger partial charge is 0.309 e. The molecule has 0 unspecified atom stereocenters. The Balaban J connectivity index is 1.28. The zero-order valence-electron chi connectivity index (χ0n) is 29.7. The van der Waals surface area contributed by atoms with E-state index in [0.717, 1.165) is 28.3 Å². The molecule has 2 nitrogen and oxygen atoms in total. The number of fused-ring (bicyclic) bond motifs is 4. The summed E-state index contributed by atoms with van der Waals surface area (Å²) in [5, 5.41) is 4.82. The molecule has 1 aromatic heterocycles. The van der Waals surface area contributed by atoms with Gasteiger partial charge in [-0.2, -0.15) is 0 Å². The molecule has 254 valence electrons. The molecule has 0 aliphatic rings. The summed E-state index contributed by atoms with van der Waals surface area (Å²) >= 11 is 0. The highest BCUT2D eigenvalue weighted by atomic mass is 15.2. The fourth-order valence-corrected chi connectivity index (χ4v) is 8.27. The maximum Gasteiger partial charge on any atom is 0.0562 e. The molecule has 0 fully saturated rings. The molecule has 0 spiro atoms. The number of nitrogens with zero attached hydrogens (tertiary/aromatic N) is 2. The minimum absolute atomic E-state index is 1.11. The minimum atomic E-state index is 1.11. The number of anilines is 3. The van der Waals surface area contributed by atoms with Gasteiger partial charge in [0.2, 0.25) is 0 Å². The first-order valence-electron chi connectivity index (χ1n) is 18.5. The van der Waals surface area contributed by atoms with E-state index in [0.29, 0.717) is 0 Å². The molecular weight excluding hydrogens is 653 g/mol. The van der Waals surface area contributed by atoms with Gasteiger partial charge in [0.15, 0.2) is 0 Å². The van der Waals surface area contributed by atoms with E-state index in [1.807, 2.05) is 0 Å². The molecule has 54 heavy (non-hydrogen) atoms. The Morgan fingerprint density at radius 1 is 0.296 bits per heavy atom. The Labute approximate surface area is 315 Å². The third kappa shape index (κ3) is 5.27. The topological polar surface area (TPSA) is 8.17 Å². The van der Waals surface area contributed by atoms with Crippen LogP contribution in [0.4, 0.5) is 17.1 Å². The summed E-state index contributed by atoms with van der Waals surface area (Å²) in [6, 6.07) is 78.9. The molecule has 0 atom stereocenters. The van der Waals surface area contributed by atoms with Gasteiger partial charge in [0.1, 0.15) is 0 Å². The van der Waals surface area contributed by atoms with Crippen molar-refractivity contribution in [3.8, 4) is 39.1 Å². The van der Waals surface area contributed by atoms with Crippen molar-refractivity contribution < 1.29 is 0 Å². The zero-order valence-corrected chi connectivity index (χ0v) is 29.7. The van der Waals surface area contributed by atoms with Gasteiger partial charge in [0, 0.05) is 27.4 Å². The highest BCUT2D eigenvalue weighted by Gasteiger charge is 2.25. The number of para-hydroxylation sites is 3. The molecule has 0 saturated carbocycles. The van der Waals surface area contributed by atoms with Crippen LogP contribution in [-0.4, -0.2) is 4.57 Å². The standard InChI is InChI=1S/C52H36N2/c1-3-19-37(20-4-1)40-25-9-10-27-42(40)43-28-11-12-29-44(43)45-30-13-15-32-48(45)54(47-34-17-22-38-21-7-8-26-41(38)47)51-36-18-35-50-52(51)46-31-14-16-33-49(46)53(50)39-23-5-2-6-24-39/h1-36H. The maximum atomic E-state index is 2.50. The van der Waals surface area contributed by atoms with E-state index in [4.69, 9.17) is 0 Å². The first kappa shape index (κ1) is 31.6. The second-order valence-electron chi connectivity index (χ2n) is 13.7. The monoisotopic (exact) mass is 688 g/mol. The van der Waals surface area contributed by atoms with Crippen LogP contribution in [0, 0.1) is 0 Å². The summed E-state index contributed by atoms with van der Waals surface area (Å²) in [7, 11) is 0. The minimum Gasteiger partial charge on any atom is -0.309 e. The number of aromatic nitrogens is 1. The van der Waals surface area contributed by atoms with Crippen molar-refractivity contribution in [2.45, 2.75) is 0 Å². The normalized spacial score (nSPS) is 11.3. The molecule has 0 aliphatic heterocycles. The molecule has 10 aromatic rings. The fraction of sp³-hybridized carbons (Fsp3) is 0. The van der Waals surface area contributed by atoms with E-state index in [1.54, 1.807) is 0 Å². The molecular formula is C52H36N2. The molecule has 10 rings (SSSR count). The summed E-state index contributed by atoms with van der Waals surface area (Å²) in [6.45, 7) is 0. The van der Waals surface area contributed by atoms with Crippen molar-refractivity contribution in [2.75, 3.05) is 4.90 Å². The lowest BCUT2D eigenvalue weighted by atomic mass is 9.88. The van der Waals surface area contributed by atoms with Crippen LogP contribution in [0.15, 0.2) is 218 Å². The summed E-state index contributed by atoms with van der Waals surface area (Å²) in [6.07, 6.45) is 0. The van der Waals surface area contributed by atoms with Gasteiger partial charge in [0.05, 0.1) is 28.1 Å². The quantitative estimate of drug-likeness (QED) is 0.162. The first-order valence-corrected chi connectivity index (χ1v) is 18.5. The number of hydrogen-bond acceptors (Lipinski definition) is 1. The predicted octanol–water partition coefficient (Wildman–Crippen LogP) is 14.4. The Kier molecular flexibility index (Phi) is 7.85. The second kappa shape index (κ2) is 13.4. The molecule has 9 aromatic carbocycles. The lowest BCUT2D eigenvalue weighted by molar-refractivity contribution is 1.18. The van der Waals surface area contributed by atoms with Gasteiger partial charge in [-0.1, -0.05) is 176 Å². The van der Waals surface area contributed by atoms with Gasteiger partial charge >= 0.3 is 0 Å². The van der Waals surface area contributed by atoms with E-state index in [-0.39, 0.29) is 0 Å². The third-order valence-corrected chi connectivity index (χ3v) is 10.6. The van der Waals surface area contributed by atoms with Crippen molar-refractivity contribution in [3.05, 3.63) is 218 Å². The third-order valence-electron chi connectivity index (χ3n) is 10.6. The fourth-order valence-electron chi connectivity index (χ4n) is 8.27. The maximum absolute atomic E-state index is 2.50. The smallest absolute Gasteiger partial charge is 0.0562 e. The Morgan fingerprint density at radius 2 is 0.778 bits per heavy atom. The number of benzene rings is 9. The summed E-state index contributed by atoms with van der Waals surface area (Å²) < 4.78 is 2.40. The van der Waals surface area contributed by atoms with E-state index in [1.165, 1.54) is 60.4 Å². The summed E-state index contributed by atoms with van der Waals surface area (Å²) in [5.74, 6) is 0. The molecule has 0 radical (unpaired) electrons. The van der Waals surface area contributed by atoms with Gasteiger partial charge in [-0.3, -0.25) is 0 Å². The number of rotatable bonds is 7. The van der Waals surface area contributed by atoms with Gasteiger partial charge in [0.25, 0.3) is 0 Å². The summed E-state index contributed by atoms with van der Waals surface area (Å²) in [4.78, 5) is 2.50. The van der Waals surface area contributed by atoms with Crippen LogP contribution in [0.25, 0.3) is 71.6 Å². The van der Waals surface area contributed by atoms with Crippen LogP contribution in [0.3, 0.4) is 0 Å². The van der Waals surface area contributed by atoms with Crippen LogP contribution < -0.4 is 4.90 Å². The van der Waals surface area contributed by atoms with Gasteiger partial charge in [-0.25, -0.2) is 0 Å². The van der Waals surface area contributed by atoms with E-state index in [2.05, 4.69) is 228 Å². The highest BCUT2D eigenvalue weighted by Crippen LogP contribution is 2.49. The zero-order chi connectivity index (χ0) is 35.8. The second-order valence-corrected chi connectivity index (χ2v) is 13.7. The molecule has 1 heterocycles. The molecule has 0 amide bonds. The Morgan fingerprint density at radius 3 is 1.56 bits per heavy atom. The van der Waals surface area contributed by atoms with Crippen molar-refractivity contribution in [2.24, 2.45) is 0 Å². The molecule has 0 N–H and O–H groups in total. The van der Waals surface area contributed by atoms with Crippen molar-refractivity contribution in [1.29, 1.82) is 0 Å². The van der Waals surface area contributed by atoms with Crippen LogP contribution in [0.1, 0.15) is 0 Å². The lowest BCUT2D eigenvalue weighted by Crippen LogP contribution is -2.12. The molecule has 2 heteroatoms. The van der Waals surface area contributed by atoms with E-state index < -0.39 is 0 Å². The average Bonchev–Trinajstić information content (AvgIpc) is 3.60. The Hall–Kier alpha value is -7.16. The van der Waals surface area contributed by atoms with Crippen LogP contribution >= 0.6 is 0 Å². The van der Waals surface area contributed by atoms with Gasteiger partial charge < -0.3 is 9.47 Å². The van der Waals surface area contributed by atoms with Crippen LogP contribution in [0.2, 0.25) is 0 Å². The van der Waals surface area contributed by atoms with Crippen LogP contribution in [0.5, 0.6) is 0 Å². The molecule has 0 bridgehead atoms.